The van der Waals surface area contributed by atoms with Crippen molar-refractivity contribution in [3.8, 4) is 16.3 Å². The zero-order valence-electron chi connectivity index (χ0n) is 18.4. The number of pyridine rings is 1. The Labute approximate surface area is 197 Å². The molecule has 0 spiro atoms. The molecule has 0 N–H and O–H groups in total. The monoisotopic (exact) mass is 484 g/mol. The average molecular weight is 485 g/mol. The van der Waals surface area contributed by atoms with Crippen LogP contribution < -0.4 is 4.74 Å². The summed E-state index contributed by atoms with van der Waals surface area (Å²) in [5.74, 6) is 0.150. The Morgan fingerprint density at radius 2 is 1.85 bits per heavy atom. The topological polar surface area (TPSA) is 92.7 Å². The van der Waals surface area contributed by atoms with Crippen LogP contribution in [0.4, 0.5) is 0 Å². The molecule has 3 heterocycles. The average Bonchev–Trinajstić information content (AvgIpc) is 3.25. The first-order valence-corrected chi connectivity index (χ1v) is 12.6. The highest BCUT2D eigenvalue weighted by Gasteiger charge is 2.33. The van der Waals surface area contributed by atoms with Crippen molar-refractivity contribution >= 4 is 33.3 Å². The molecule has 1 aromatic carbocycles. The van der Waals surface area contributed by atoms with Crippen molar-refractivity contribution in [3.63, 3.8) is 0 Å². The SMILES string of the molecule is C=Cc1ccc(OC)c(S(=O)(=O)N2CCN(C(=O)c3sc(-c4ccncc4)nc3C)CC2)c1. The fourth-order valence-corrected chi connectivity index (χ4v) is 6.30. The van der Waals surface area contributed by atoms with Crippen LogP contribution in [0.2, 0.25) is 0 Å². The number of aryl methyl sites for hydroxylation is 1. The molecule has 10 heteroatoms. The number of benzene rings is 1. The van der Waals surface area contributed by atoms with Crippen molar-refractivity contribution in [2.45, 2.75) is 11.8 Å². The quantitative estimate of drug-likeness (QED) is 0.533. The molecule has 0 saturated carbocycles. The van der Waals surface area contributed by atoms with Crippen molar-refractivity contribution in [2.24, 2.45) is 0 Å². The van der Waals surface area contributed by atoms with Gasteiger partial charge in [-0.1, -0.05) is 18.7 Å². The van der Waals surface area contributed by atoms with Gasteiger partial charge in [0.25, 0.3) is 5.91 Å². The van der Waals surface area contributed by atoms with E-state index in [1.807, 2.05) is 19.1 Å². The number of hydrogen-bond acceptors (Lipinski definition) is 7. The summed E-state index contributed by atoms with van der Waals surface area (Å²) in [6.45, 7) is 6.51. The van der Waals surface area contributed by atoms with E-state index in [-0.39, 0.29) is 29.6 Å². The number of piperazine rings is 1. The van der Waals surface area contributed by atoms with Crippen LogP contribution >= 0.6 is 11.3 Å². The molecule has 0 atom stereocenters. The van der Waals surface area contributed by atoms with E-state index in [0.717, 1.165) is 10.6 Å². The third-order valence-electron chi connectivity index (χ3n) is 5.49. The summed E-state index contributed by atoms with van der Waals surface area (Å²) in [5.41, 5.74) is 2.26. The van der Waals surface area contributed by atoms with Crippen LogP contribution in [0.25, 0.3) is 16.6 Å². The molecule has 2 aromatic heterocycles. The minimum absolute atomic E-state index is 0.0995. The normalized spacial score (nSPS) is 14.8. The van der Waals surface area contributed by atoms with Gasteiger partial charge >= 0.3 is 0 Å². The van der Waals surface area contributed by atoms with Crippen LogP contribution in [-0.2, 0) is 10.0 Å². The maximum Gasteiger partial charge on any atom is 0.265 e. The number of ether oxygens (including phenoxy) is 1. The molecule has 3 aromatic rings. The first-order chi connectivity index (χ1) is 15.8. The number of thiazole rings is 1. The van der Waals surface area contributed by atoms with Gasteiger partial charge in [0, 0.05) is 44.1 Å². The number of rotatable bonds is 6. The number of carbonyl (C=O) groups is 1. The number of hydrogen-bond donors (Lipinski definition) is 0. The summed E-state index contributed by atoms with van der Waals surface area (Å²) in [6, 6.07) is 8.63. The molecule has 1 aliphatic heterocycles. The highest BCUT2D eigenvalue weighted by Crippen LogP contribution is 2.31. The van der Waals surface area contributed by atoms with Crippen LogP contribution in [0.15, 0.2) is 54.2 Å². The van der Waals surface area contributed by atoms with E-state index in [9.17, 15) is 13.2 Å². The maximum atomic E-state index is 13.3. The lowest BCUT2D eigenvalue weighted by Gasteiger charge is -2.34. The van der Waals surface area contributed by atoms with Gasteiger partial charge < -0.3 is 9.64 Å². The highest BCUT2D eigenvalue weighted by atomic mass is 32.2. The molecule has 1 aliphatic rings. The van der Waals surface area contributed by atoms with Crippen LogP contribution in [0.3, 0.4) is 0 Å². The maximum absolute atomic E-state index is 13.3. The van der Waals surface area contributed by atoms with Crippen molar-refractivity contribution in [1.82, 2.24) is 19.2 Å². The minimum Gasteiger partial charge on any atom is -0.495 e. The Bertz CT molecular complexity index is 1280. The number of sulfonamides is 1. The Hall–Kier alpha value is -3.08. The molecule has 1 fully saturated rings. The predicted molar refractivity (Wildman–Crippen MR) is 128 cm³/mol. The number of amides is 1. The fourth-order valence-electron chi connectivity index (χ4n) is 3.65. The molecule has 8 nitrogen and oxygen atoms in total. The van der Waals surface area contributed by atoms with Crippen molar-refractivity contribution in [1.29, 1.82) is 0 Å². The summed E-state index contributed by atoms with van der Waals surface area (Å²) in [5, 5.41) is 0.758. The Morgan fingerprint density at radius 1 is 1.15 bits per heavy atom. The lowest BCUT2D eigenvalue weighted by atomic mass is 10.2. The molecule has 0 unspecified atom stereocenters. The first-order valence-electron chi connectivity index (χ1n) is 10.3. The molecule has 0 radical (unpaired) electrons. The van der Waals surface area contributed by atoms with Gasteiger partial charge in [0.2, 0.25) is 10.0 Å². The largest absolute Gasteiger partial charge is 0.495 e. The second-order valence-electron chi connectivity index (χ2n) is 7.48. The highest BCUT2D eigenvalue weighted by molar-refractivity contribution is 7.89. The molecule has 0 aliphatic carbocycles. The Morgan fingerprint density at radius 3 is 2.48 bits per heavy atom. The Balaban J connectivity index is 1.50. The van der Waals surface area contributed by atoms with Gasteiger partial charge in [0.05, 0.1) is 12.8 Å². The smallest absolute Gasteiger partial charge is 0.265 e. The van der Waals surface area contributed by atoms with E-state index in [0.29, 0.717) is 29.2 Å². The van der Waals surface area contributed by atoms with Crippen LogP contribution in [0.5, 0.6) is 5.75 Å². The summed E-state index contributed by atoms with van der Waals surface area (Å²) in [7, 11) is -2.34. The number of carbonyl (C=O) groups excluding carboxylic acids is 1. The zero-order valence-corrected chi connectivity index (χ0v) is 20.0. The van der Waals surface area contributed by atoms with Crippen molar-refractivity contribution in [2.75, 3.05) is 33.3 Å². The fraction of sp³-hybridized carbons (Fsp3) is 0.261. The molecular weight excluding hydrogens is 460 g/mol. The zero-order chi connectivity index (χ0) is 23.6. The van der Waals surface area contributed by atoms with Crippen LogP contribution in [0.1, 0.15) is 20.9 Å². The van der Waals surface area contributed by atoms with Crippen molar-refractivity contribution in [3.05, 3.63) is 65.4 Å². The van der Waals surface area contributed by atoms with Gasteiger partial charge in [-0.05, 0) is 36.8 Å². The van der Waals surface area contributed by atoms with Gasteiger partial charge in [-0.15, -0.1) is 11.3 Å². The third kappa shape index (κ3) is 4.54. The molecule has 172 valence electrons. The second kappa shape index (κ2) is 9.42. The standard InChI is InChI=1S/C23H24N4O4S2/c1-4-17-5-6-19(31-3)20(15-17)33(29,30)27-13-11-26(12-14-27)23(28)21-16(2)25-22(32-21)18-7-9-24-10-8-18/h4-10,15H,1,11-14H2,2-3H3. The summed E-state index contributed by atoms with van der Waals surface area (Å²) < 4.78 is 33.3. The van der Waals surface area contributed by atoms with Gasteiger partial charge in [0.15, 0.2) is 0 Å². The lowest BCUT2D eigenvalue weighted by Crippen LogP contribution is -2.50. The van der Waals surface area contributed by atoms with Gasteiger partial charge in [-0.25, -0.2) is 13.4 Å². The summed E-state index contributed by atoms with van der Waals surface area (Å²) in [6.07, 6.45) is 4.96. The van der Waals surface area contributed by atoms with E-state index < -0.39 is 10.0 Å². The third-order valence-corrected chi connectivity index (χ3v) is 8.60. The molecule has 4 rings (SSSR count). The predicted octanol–water partition coefficient (Wildman–Crippen LogP) is 3.31. The summed E-state index contributed by atoms with van der Waals surface area (Å²) in [4.78, 5) is 24.1. The number of aromatic nitrogens is 2. The second-order valence-corrected chi connectivity index (χ2v) is 10.4. The van der Waals surface area contributed by atoms with Gasteiger partial charge in [-0.3, -0.25) is 9.78 Å². The molecule has 1 amide bonds. The van der Waals surface area contributed by atoms with E-state index in [1.54, 1.807) is 41.6 Å². The van der Waals surface area contributed by atoms with E-state index in [4.69, 9.17) is 4.74 Å². The molecular formula is C23H24N4O4S2. The minimum atomic E-state index is -3.78. The summed E-state index contributed by atoms with van der Waals surface area (Å²) >= 11 is 1.34. The molecule has 1 saturated heterocycles. The number of nitrogens with zero attached hydrogens (tertiary/aromatic N) is 4. The molecule has 0 bridgehead atoms. The van der Waals surface area contributed by atoms with Gasteiger partial charge in [-0.2, -0.15) is 4.31 Å². The van der Waals surface area contributed by atoms with E-state index in [1.165, 1.54) is 22.8 Å². The Kier molecular flexibility index (Phi) is 6.59. The van der Waals surface area contributed by atoms with Gasteiger partial charge in [0.1, 0.15) is 20.5 Å². The number of methoxy groups -OCH3 is 1. The van der Waals surface area contributed by atoms with Crippen LogP contribution in [0, 0.1) is 6.92 Å². The van der Waals surface area contributed by atoms with Crippen LogP contribution in [-0.4, -0.2) is 66.8 Å². The van der Waals surface area contributed by atoms with Crippen molar-refractivity contribution < 1.29 is 17.9 Å². The van der Waals surface area contributed by atoms with E-state index >= 15 is 0 Å². The first kappa shape index (κ1) is 23.1. The van der Waals surface area contributed by atoms with E-state index in [2.05, 4.69) is 16.5 Å². The lowest BCUT2D eigenvalue weighted by molar-refractivity contribution is 0.0701. The molecule has 33 heavy (non-hydrogen) atoms.